The molecule has 0 radical (unpaired) electrons. The number of fused-ring (bicyclic) bond motifs is 1. The van der Waals surface area contributed by atoms with Crippen molar-refractivity contribution in [3.63, 3.8) is 0 Å². The van der Waals surface area contributed by atoms with Crippen molar-refractivity contribution in [2.24, 2.45) is 0 Å². The highest BCUT2D eigenvalue weighted by molar-refractivity contribution is 6.08. The van der Waals surface area contributed by atoms with Crippen LogP contribution < -0.4 is 0 Å². The largest absolute Gasteiger partial charge is 0.505 e. The first-order chi connectivity index (χ1) is 11.8. The summed E-state index contributed by atoms with van der Waals surface area (Å²) >= 11 is 0. The number of aromatic nitrogens is 1. The van der Waals surface area contributed by atoms with Crippen molar-refractivity contribution in [2.75, 3.05) is 0 Å². The molecule has 0 atom stereocenters. The van der Waals surface area contributed by atoms with Crippen molar-refractivity contribution in [1.82, 2.24) is 4.57 Å². The second-order valence-corrected chi connectivity index (χ2v) is 5.59. The van der Waals surface area contributed by atoms with Crippen molar-refractivity contribution < 1.29 is 9.90 Å². The number of benzene rings is 3. The number of rotatable bonds is 2. The minimum atomic E-state index is -0.161. The monoisotopic (exact) mass is 313 g/mol. The molecule has 3 aromatic carbocycles. The summed E-state index contributed by atoms with van der Waals surface area (Å²) in [5.74, 6) is -0.0352. The van der Waals surface area contributed by atoms with E-state index in [1.807, 2.05) is 72.8 Å². The number of nitrogens with zero attached hydrogens (tertiary/aromatic N) is 1. The summed E-state index contributed by atoms with van der Waals surface area (Å²) in [4.78, 5) is 13.1. The van der Waals surface area contributed by atoms with Crippen LogP contribution in [-0.2, 0) is 0 Å². The molecular weight excluding hydrogens is 298 g/mol. The molecule has 0 amide bonds. The van der Waals surface area contributed by atoms with Crippen LogP contribution in [0.25, 0.3) is 22.2 Å². The summed E-state index contributed by atoms with van der Waals surface area (Å²) in [6.07, 6.45) is 0. The van der Waals surface area contributed by atoms with Gasteiger partial charge < -0.3 is 5.11 Å². The first-order valence-corrected chi connectivity index (χ1v) is 7.75. The Hall–Kier alpha value is -3.33. The molecule has 1 aromatic heterocycles. The van der Waals surface area contributed by atoms with Gasteiger partial charge in [-0.05, 0) is 24.3 Å². The normalized spacial score (nSPS) is 10.8. The molecule has 0 unspecified atom stereocenters. The first kappa shape index (κ1) is 14.3. The maximum atomic E-state index is 13.1. The van der Waals surface area contributed by atoms with Gasteiger partial charge in [0.25, 0.3) is 5.91 Å². The Morgan fingerprint density at radius 3 is 2.04 bits per heavy atom. The van der Waals surface area contributed by atoms with E-state index in [1.165, 1.54) is 0 Å². The van der Waals surface area contributed by atoms with Gasteiger partial charge in [0.15, 0.2) is 0 Å². The first-order valence-electron chi connectivity index (χ1n) is 7.75. The second-order valence-electron chi connectivity index (χ2n) is 5.59. The van der Waals surface area contributed by atoms with Crippen LogP contribution in [0.15, 0.2) is 84.9 Å². The molecule has 0 bridgehead atoms. The van der Waals surface area contributed by atoms with E-state index >= 15 is 0 Å². The lowest BCUT2D eigenvalue weighted by molar-refractivity contribution is 0.0966. The van der Waals surface area contributed by atoms with Crippen LogP contribution in [0.2, 0.25) is 0 Å². The smallest absolute Gasteiger partial charge is 0.262 e. The van der Waals surface area contributed by atoms with Crippen LogP contribution in [-0.4, -0.2) is 15.6 Å². The summed E-state index contributed by atoms with van der Waals surface area (Å²) in [5.41, 5.74) is 2.60. The lowest BCUT2D eigenvalue weighted by Gasteiger charge is -2.10. The standard InChI is InChI=1S/C21H15NO2/c23-20-17-13-7-8-14-18(17)22(19(20)15-9-3-1-4-10-15)21(24)16-11-5-2-6-12-16/h1-14,23H. The fraction of sp³-hybridized carbons (Fsp3) is 0. The molecule has 4 rings (SSSR count). The molecule has 0 fully saturated rings. The summed E-state index contributed by atoms with van der Waals surface area (Å²) < 4.78 is 1.59. The lowest BCUT2D eigenvalue weighted by Crippen LogP contribution is -2.13. The molecule has 4 aromatic rings. The molecule has 3 nitrogen and oxygen atoms in total. The number of carbonyl (C=O) groups excluding carboxylic acids is 1. The van der Waals surface area contributed by atoms with Crippen molar-refractivity contribution in [2.45, 2.75) is 0 Å². The van der Waals surface area contributed by atoms with Gasteiger partial charge >= 0.3 is 0 Å². The van der Waals surface area contributed by atoms with Gasteiger partial charge in [-0.3, -0.25) is 9.36 Å². The van der Waals surface area contributed by atoms with Gasteiger partial charge in [0.1, 0.15) is 5.75 Å². The van der Waals surface area contributed by atoms with Crippen LogP contribution in [0.5, 0.6) is 5.75 Å². The van der Waals surface area contributed by atoms with Gasteiger partial charge in [-0.2, -0.15) is 0 Å². The zero-order chi connectivity index (χ0) is 16.5. The summed E-state index contributed by atoms with van der Waals surface area (Å²) in [6, 6.07) is 26.0. The molecule has 116 valence electrons. The molecule has 0 aliphatic heterocycles. The third-order valence-electron chi connectivity index (χ3n) is 4.12. The van der Waals surface area contributed by atoms with E-state index < -0.39 is 0 Å². The highest BCUT2D eigenvalue weighted by Crippen LogP contribution is 2.39. The van der Waals surface area contributed by atoms with E-state index in [0.717, 1.165) is 5.56 Å². The van der Waals surface area contributed by atoms with Crippen molar-refractivity contribution in [3.05, 3.63) is 90.5 Å². The Morgan fingerprint density at radius 2 is 1.33 bits per heavy atom. The molecule has 3 heteroatoms. The van der Waals surface area contributed by atoms with Gasteiger partial charge in [0, 0.05) is 16.5 Å². The van der Waals surface area contributed by atoms with E-state index in [-0.39, 0.29) is 11.7 Å². The Kier molecular flexibility index (Phi) is 3.39. The Morgan fingerprint density at radius 1 is 0.750 bits per heavy atom. The van der Waals surface area contributed by atoms with E-state index in [4.69, 9.17) is 0 Å². The molecule has 0 saturated heterocycles. The van der Waals surface area contributed by atoms with Crippen LogP contribution in [0.1, 0.15) is 10.4 Å². The predicted octanol–water partition coefficient (Wildman–Crippen LogP) is 4.70. The highest BCUT2D eigenvalue weighted by Gasteiger charge is 2.22. The van der Waals surface area contributed by atoms with Crippen LogP contribution >= 0.6 is 0 Å². The third-order valence-corrected chi connectivity index (χ3v) is 4.12. The average Bonchev–Trinajstić information content (AvgIpc) is 2.95. The molecular formula is C21H15NO2. The highest BCUT2D eigenvalue weighted by atomic mass is 16.3. The van der Waals surface area contributed by atoms with Crippen LogP contribution in [0.4, 0.5) is 0 Å². The Balaban J connectivity index is 2.05. The second kappa shape index (κ2) is 5.70. The minimum Gasteiger partial charge on any atom is -0.505 e. The predicted molar refractivity (Wildman–Crippen MR) is 95.2 cm³/mol. The van der Waals surface area contributed by atoms with Crippen LogP contribution in [0.3, 0.4) is 0 Å². The third kappa shape index (κ3) is 2.18. The quantitative estimate of drug-likeness (QED) is 0.583. The SMILES string of the molecule is O=C(c1ccccc1)n1c(-c2ccccc2)c(O)c2ccccc21. The fourth-order valence-corrected chi connectivity index (χ4v) is 3.01. The van der Waals surface area contributed by atoms with E-state index in [1.54, 1.807) is 16.7 Å². The zero-order valence-electron chi connectivity index (χ0n) is 12.9. The summed E-state index contributed by atoms with van der Waals surface area (Å²) in [5, 5.41) is 11.4. The number of para-hydroxylation sites is 1. The molecule has 1 heterocycles. The fourth-order valence-electron chi connectivity index (χ4n) is 3.01. The maximum absolute atomic E-state index is 13.1. The summed E-state index contributed by atoms with van der Waals surface area (Å²) in [6.45, 7) is 0. The van der Waals surface area contributed by atoms with Crippen LogP contribution in [0, 0.1) is 0 Å². The number of hydrogen-bond donors (Lipinski definition) is 1. The van der Waals surface area contributed by atoms with Gasteiger partial charge in [0.05, 0.1) is 11.2 Å². The van der Waals surface area contributed by atoms with Gasteiger partial charge in [-0.25, -0.2) is 0 Å². The lowest BCUT2D eigenvalue weighted by atomic mass is 10.1. The van der Waals surface area contributed by atoms with E-state index in [0.29, 0.717) is 22.2 Å². The maximum Gasteiger partial charge on any atom is 0.262 e. The Labute approximate surface area is 139 Å². The van der Waals surface area contributed by atoms with E-state index in [9.17, 15) is 9.90 Å². The topological polar surface area (TPSA) is 42.2 Å². The zero-order valence-corrected chi connectivity index (χ0v) is 12.9. The van der Waals surface area contributed by atoms with Gasteiger partial charge in [-0.1, -0.05) is 60.7 Å². The van der Waals surface area contributed by atoms with Gasteiger partial charge in [0.2, 0.25) is 0 Å². The number of aromatic hydroxyl groups is 1. The average molecular weight is 313 g/mol. The summed E-state index contributed by atoms with van der Waals surface area (Å²) in [7, 11) is 0. The van der Waals surface area contributed by atoms with Crippen molar-refractivity contribution >= 4 is 16.8 Å². The molecule has 0 aliphatic rings. The van der Waals surface area contributed by atoms with E-state index in [2.05, 4.69) is 0 Å². The minimum absolute atomic E-state index is 0.126. The molecule has 24 heavy (non-hydrogen) atoms. The Bertz CT molecular complexity index is 1020. The molecule has 0 aliphatic carbocycles. The number of carbonyl (C=O) groups is 1. The van der Waals surface area contributed by atoms with Crippen molar-refractivity contribution in [1.29, 1.82) is 0 Å². The van der Waals surface area contributed by atoms with Gasteiger partial charge in [-0.15, -0.1) is 0 Å². The number of hydrogen-bond acceptors (Lipinski definition) is 2. The molecule has 0 saturated carbocycles. The molecule has 0 spiro atoms. The molecule has 1 N–H and O–H groups in total. The van der Waals surface area contributed by atoms with Crippen molar-refractivity contribution in [3.8, 4) is 17.0 Å².